The summed E-state index contributed by atoms with van der Waals surface area (Å²) in [6.45, 7) is 4.43. The van der Waals surface area contributed by atoms with Gasteiger partial charge in [-0.3, -0.25) is 14.6 Å². The maximum atomic E-state index is 11.7. The van der Waals surface area contributed by atoms with Gasteiger partial charge in [0.1, 0.15) is 5.60 Å². The molecule has 1 fully saturated rings. The maximum Gasteiger partial charge on any atom is 0.356 e. The number of hydrogen-bond acceptors (Lipinski definition) is 5. The van der Waals surface area contributed by atoms with Crippen LogP contribution < -0.4 is 0 Å². The largest absolute Gasteiger partial charge is 0.476 e. The van der Waals surface area contributed by atoms with E-state index in [2.05, 4.69) is 21.9 Å². The average molecular weight is 384 g/mol. The second-order valence-electron chi connectivity index (χ2n) is 7.98. The summed E-state index contributed by atoms with van der Waals surface area (Å²) in [6.07, 6.45) is 6.55. The number of rotatable bonds is 5. The van der Waals surface area contributed by atoms with Crippen LogP contribution in [0, 0.1) is 0 Å². The Morgan fingerprint density at radius 1 is 1.32 bits per heavy atom. The Balaban J connectivity index is 1.48. The molecule has 0 amide bonds. The Kier molecular flexibility index (Phi) is 5.21. The summed E-state index contributed by atoms with van der Waals surface area (Å²) in [7, 11) is 0. The maximum absolute atomic E-state index is 11.7. The minimum atomic E-state index is -0.935. The number of carboxylic acid groups (broad SMARTS) is 1. The number of carboxylic acids is 1. The standard InChI is InChI=1S/C21H28N4O3/c1-2-11-25-17-7-6-15(14-16(17)19(23-25)20(26)27)24-12-8-21(28,9-13-24)18-5-3-4-10-22-18/h3-5,10,15,28H,2,6-9,11-14H2,1H3,(H,26,27)/t15-/m0/s1. The van der Waals surface area contributed by atoms with E-state index in [-0.39, 0.29) is 5.69 Å². The highest BCUT2D eigenvalue weighted by atomic mass is 16.4. The Morgan fingerprint density at radius 2 is 2.11 bits per heavy atom. The van der Waals surface area contributed by atoms with Crippen molar-refractivity contribution in [2.75, 3.05) is 13.1 Å². The van der Waals surface area contributed by atoms with Crippen molar-refractivity contribution in [3.63, 3.8) is 0 Å². The molecule has 150 valence electrons. The lowest BCUT2D eigenvalue weighted by atomic mass is 9.84. The minimum Gasteiger partial charge on any atom is -0.476 e. The second kappa shape index (κ2) is 7.64. The molecule has 1 aliphatic heterocycles. The van der Waals surface area contributed by atoms with Gasteiger partial charge in [0.15, 0.2) is 5.69 Å². The Labute approximate surface area is 165 Å². The van der Waals surface area contributed by atoms with E-state index in [0.717, 1.165) is 62.3 Å². The second-order valence-corrected chi connectivity index (χ2v) is 7.98. The van der Waals surface area contributed by atoms with Crippen molar-refractivity contribution < 1.29 is 15.0 Å². The van der Waals surface area contributed by atoms with Crippen molar-refractivity contribution in [2.24, 2.45) is 0 Å². The Hall–Kier alpha value is -2.25. The zero-order valence-corrected chi connectivity index (χ0v) is 16.3. The van der Waals surface area contributed by atoms with Crippen LogP contribution >= 0.6 is 0 Å². The minimum absolute atomic E-state index is 0.218. The normalized spacial score (nSPS) is 22.0. The van der Waals surface area contributed by atoms with Crippen molar-refractivity contribution in [1.82, 2.24) is 19.7 Å². The SMILES string of the molecule is CCCn1nc(C(=O)O)c2c1CC[C@H](N1CCC(O)(c3ccccn3)CC1)C2. The third-order valence-corrected chi connectivity index (χ3v) is 6.24. The molecule has 1 saturated heterocycles. The monoisotopic (exact) mass is 384 g/mol. The molecule has 2 aromatic rings. The van der Waals surface area contributed by atoms with Gasteiger partial charge in [-0.05, 0) is 50.7 Å². The van der Waals surface area contributed by atoms with Crippen LogP contribution in [0.3, 0.4) is 0 Å². The smallest absolute Gasteiger partial charge is 0.356 e. The summed E-state index contributed by atoms with van der Waals surface area (Å²) < 4.78 is 1.89. The van der Waals surface area contributed by atoms with Gasteiger partial charge in [0.2, 0.25) is 0 Å². The fourth-order valence-corrected chi connectivity index (χ4v) is 4.70. The number of aliphatic hydroxyl groups is 1. The first-order valence-corrected chi connectivity index (χ1v) is 10.2. The third kappa shape index (κ3) is 3.44. The lowest BCUT2D eigenvalue weighted by Gasteiger charge is -2.42. The number of aryl methyl sites for hydroxylation is 1. The molecular formula is C21H28N4O3. The number of piperidine rings is 1. The summed E-state index contributed by atoms with van der Waals surface area (Å²) in [5.74, 6) is -0.935. The molecule has 2 aliphatic rings. The highest BCUT2D eigenvalue weighted by molar-refractivity contribution is 5.87. The fraction of sp³-hybridized carbons (Fsp3) is 0.571. The van der Waals surface area contributed by atoms with Gasteiger partial charge in [0, 0.05) is 43.1 Å². The van der Waals surface area contributed by atoms with E-state index in [0.29, 0.717) is 18.9 Å². The molecule has 4 rings (SSSR count). The summed E-state index contributed by atoms with van der Waals surface area (Å²) in [6, 6.07) is 5.97. The van der Waals surface area contributed by atoms with Crippen LogP contribution in [0.25, 0.3) is 0 Å². The van der Waals surface area contributed by atoms with E-state index >= 15 is 0 Å². The molecule has 2 N–H and O–H groups in total. The highest BCUT2D eigenvalue weighted by Crippen LogP contribution is 2.35. The summed E-state index contributed by atoms with van der Waals surface area (Å²) in [5.41, 5.74) is 2.10. The average Bonchev–Trinajstić information content (AvgIpc) is 3.08. The molecule has 0 spiro atoms. The molecule has 7 heteroatoms. The van der Waals surface area contributed by atoms with Crippen LogP contribution in [0.2, 0.25) is 0 Å². The summed E-state index contributed by atoms with van der Waals surface area (Å²) in [5, 5.41) is 25.0. The highest BCUT2D eigenvalue weighted by Gasteiger charge is 2.39. The van der Waals surface area contributed by atoms with Crippen LogP contribution in [0.5, 0.6) is 0 Å². The van der Waals surface area contributed by atoms with E-state index in [1.165, 1.54) is 0 Å². The first-order chi connectivity index (χ1) is 13.5. The van der Waals surface area contributed by atoms with Gasteiger partial charge >= 0.3 is 5.97 Å². The van der Waals surface area contributed by atoms with E-state index in [9.17, 15) is 15.0 Å². The van der Waals surface area contributed by atoms with E-state index in [1.807, 2.05) is 22.9 Å². The number of aromatic nitrogens is 3. The molecule has 7 nitrogen and oxygen atoms in total. The van der Waals surface area contributed by atoms with Gasteiger partial charge in [-0.25, -0.2) is 4.79 Å². The van der Waals surface area contributed by atoms with Crippen LogP contribution in [0.1, 0.15) is 60.0 Å². The topological polar surface area (TPSA) is 91.5 Å². The number of likely N-dealkylation sites (tertiary alicyclic amines) is 1. The number of carbonyl (C=O) groups is 1. The van der Waals surface area contributed by atoms with E-state index in [1.54, 1.807) is 6.20 Å². The van der Waals surface area contributed by atoms with Crippen LogP contribution in [-0.4, -0.2) is 55.0 Å². The molecule has 0 radical (unpaired) electrons. The molecule has 0 unspecified atom stereocenters. The first-order valence-electron chi connectivity index (χ1n) is 10.2. The molecule has 28 heavy (non-hydrogen) atoms. The fourth-order valence-electron chi connectivity index (χ4n) is 4.70. The number of pyridine rings is 1. The Morgan fingerprint density at radius 3 is 2.75 bits per heavy atom. The van der Waals surface area contributed by atoms with Crippen molar-refractivity contribution in [3.05, 3.63) is 47.0 Å². The lowest BCUT2D eigenvalue weighted by molar-refractivity contribution is -0.0401. The van der Waals surface area contributed by atoms with Crippen LogP contribution in [0.15, 0.2) is 24.4 Å². The van der Waals surface area contributed by atoms with Gasteiger partial charge in [0.05, 0.1) is 5.69 Å². The van der Waals surface area contributed by atoms with Crippen LogP contribution in [0.4, 0.5) is 0 Å². The predicted molar refractivity (Wildman–Crippen MR) is 104 cm³/mol. The van der Waals surface area contributed by atoms with Crippen molar-refractivity contribution in [1.29, 1.82) is 0 Å². The van der Waals surface area contributed by atoms with Gasteiger partial charge in [-0.2, -0.15) is 5.10 Å². The van der Waals surface area contributed by atoms with E-state index < -0.39 is 11.6 Å². The number of nitrogens with zero attached hydrogens (tertiary/aromatic N) is 4. The molecule has 3 heterocycles. The first kappa shape index (κ1) is 19.1. The molecule has 0 bridgehead atoms. The third-order valence-electron chi connectivity index (χ3n) is 6.24. The molecule has 0 aromatic carbocycles. The van der Waals surface area contributed by atoms with Gasteiger partial charge < -0.3 is 10.2 Å². The number of fused-ring (bicyclic) bond motifs is 1. The number of hydrogen-bond donors (Lipinski definition) is 2. The predicted octanol–water partition coefficient (Wildman–Crippen LogP) is 2.23. The molecule has 1 atom stereocenters. The molecule has 1 aliphatic carbocycles. The van der Waals surface area contributed by atoms with Gasteiger partial charge in [-0.15, -0.1) is 0 Å². The van der Waals surface area contributed by atoms with Gasteiger partial charge in [-0.1, -0.05) is 13.0 Å². The van der Waals surface area contributed by atoms with Crippen molar-refractivity contribution >= 4 is 5.97 Å². The summed E-state index contributed by atoms with van der Waals surface area (Å²) >= 11 is 0. The van der Waals surface area contributed by atoms with E-state index in [4.69, 9.17) is 0 Å². The van der Waals surface area contributed by atoms with Crippen molar-refractivity contribution in [3.8, 4) is 0 Å². The van der Waals surface area contributed by atoms with Crippen molar-refractivity contribution in [2.45, 2.75) is 63.6 Å². The zero-order valence-electron chi connectivity index (χ0n) is 16.3. The Bertz CT molecular complexity index is 841. The lowest BCUT2D eigenvalue weighted by Crippen LogP contribution is -2.49. The zero-order chi connectivity index (χ0) is 19.7. The quantitative estimate of drug-likeness (QED) is 0.821. The van der Waals surface area contributed by atoms with Gasteiger partial charge in [0.25, 0.3) is 0 Å². The molecule has 0 saturated carbocycles. The summed E-state index contributed by atoms with van der Waals surface area (Å²) in [4.78, 5) is 18.4. The number of aromatic carboxylic acids is 1. The van der Waals surface area contributed by atoms with Crippen LogP contribution in [-0.2, 0) is 25.0 Å². The molecular weight excluding hydrogens is 356 g/mol. The molecule has 2 aromatic heterocycles.